The van der Waals surface area contributed by atoms with Gasteiger partial charge < -0.3 is 20.7 Å². The van der Waals surface area contributed by atoms with E-state index in [1.165, 1.54) is 11.1 Å². The van der Waals surface area contributed by atoms with Crippen LogP contribution in [0.4, 0.5) is 4.79 Å². The largest absolute Gasteiger partial charge is 0.446 e. The van der Waals surface area contributed by atoms with Gasteiger partial charge >= 0.3 is 6.09 Å². The van der Waals surface area contributed by atoms with Gasteiger partial charge in [0.1, 0.15) is 12.4 Å². The number of nitrogens with zero attached hydrogens (tertiary/aromatic N) is 1. The molecule has 1 saturated heterocycles. The minimum Gasteiger partial charge on any atom is -0.446 e. The normalized spacial score (nSPS) is 13.8. The quantitative estimate of drug-likeness (QED) is 0.267. The van der Waals surface area contributed by atoms with Crippen molar-refractivity contribution >= 4 is 18.2 Å². The second-order valence-electron chi connectivity index (χ2n) is 8.55. The fourth-order valence-corrected chi connectivity index (χ4v) is 3.96. The molecular formula is C29H33N3O4. The lowest BCUT2D eigenvalue weighted by Gasteiger charge is -2.31. The smallest absolute Gasteiger partial charge is 0.404 e. The molecule has 3 aromatic carbocycles. The predicted octanol–water partition coefficient (Wildman–Crippen LogP) is 4.18. The maximum atomic E-state index is 12.0. The summed E-state index contributed by atoms with van der Waals surface area (Å²) in [5.41, 5.74) is 8.72. The van der Waals surface area contributed by atoms with E-state index in [4.69, 9.17) is 10.5 Å². The first-order valence-corrected chi connectivity index (χ1v) is 12.1. The zero-order valence-electron chi connectivity index (χ0n) is 20.3. The van der Waals surface area contributed by atoms with Gasteiger partial charge in [-0.25, -0.2) is 4.79 Å². The van der Waals surface area contributed by atoms with Crippen molar-refractivity contribution < 1.29 is 19.1 Å². The van der Waals surface area contributed by atoms with Crippen LogP contribution < -0.4 is 11.1 Å². The van der Waals surface area contributed by atoms with Crippen LogP contribution in [0.25, 0.3) is 11.1 Å². The standard InChI is InChI=1S/C17H23N3O4.C12H10/c18-17(23)24-15-5-8-20(9-6-15)10-7-19-11-16(22)14-3-1-13(12-21)2-4-14;1-3-7-11(8-4-1)12-9-5-2-6-10-12/h1-4,12,15,19H,5-11H2,(H2,18,23);1-10H. The zero-order chi connectivity index (χ0) is 25.6. The number of hydrogen-bond donors (Lipinski definition) is 2. The van der Waals surface area contributed by atoms with Crippen LogP contribution in [-0.4, -0.2) is 61.9 Å². The van der Waals surface area contributed by atoms with Crippen LogP contribution in [0.2, 0.25) is 0 Å². The molecule has 0 bridgehead atoms. The molecule has 1 fully saturated rings. The first kappa shape index (κ1) is 26.8. The molecule has 0 unspecified atom stereocenters. The van der Waals surface area contributed by atoms with Crippen molar-refractivity contribution in [3.05, 3.63) is 96.1 Å². The molecule has 36 heavy (non-hydrogen) atoms. The number of Topliss-reactive ketones (excluding diaryl/α,β-unsaturated/α-hetero) is 1. The van der Waals surface area contributed by atoms with Gasteiger partial charge in [-0.15, -0.1) is 0 Å². The van der Waals surface area contributed by atoms with Gasteiger partial charge in [-0.1, -0.05) is 84.9 Å². The average Bonchev–Trinajstić information content (AvgIpc) is 2.93. The molecule has 0 atom stereocenters. The first-order valence-electron chi connectivity index (χ1n) is 12.1. The summed E-state index contributed by atoms with van der Waals surface area (Å²) in [6.45, 7) is 3.50. The fourth-order valence-electron chi connectivity index (χ4n) is 3.96. The van der Waals surface area contributed by atoms with Crippen molar-refractivity contribution in [2.45, 2.75) is 18.9 Å². The van der Waals surface area contributed by atoms with Gasteiger partial charge in [0.05, 0.1) is 6.54 Å². The number of hydrogen-bond acceptors (Lipinski definition) is 6. The number of amides is 1. The monoisotopic (exact) mass is 487 g/mol. The highest BCUT2D eigenvalue weighted by atomic mass is 16.6. The van der Waals surface area contributed by atoms with Gasteiger partial charge in [-0.05, 0) is 24.0 Å². The molecule has 4 rings (SSSR count). The van der Waals surface area contributed by atoms with Gasteiger partial charge in [0, 0.05) is 37.3 Å². The van der Waals surface area contributed by atoms with Crippen molar-refractivity contribution in [1.29, 1.82) is 0 Å². The lowest BCUT2D eigenvalue weighted by atomic mass is 10.1. The Kier molecular flexibility index (Phi) is 10.8. The number of primary amides is 1. The third-order valence-electron chi connectivity index (χ3n) is 5.96. The highest BCUT2D eigenvalue weighted by molar-refractivity contribution is 5.98. The van der Waals surface area contributed by atoms with Gasteiger partial charge in [0.15, 0.2) is 5.78 Å². The molecule has 1 aliphatic heterocycles. The maximum Gasteiger partial charge on any atom is 0.404 e. The summed E-state index contributed by atoms with van der Waals surface area (Å²) in [4.78, 5) is 35.6. The molecule has 3 N–H and O–H groups in total. The number of carbonyl (C=O) groups is 3. The van der Waals surface area contributed by atoms with E-state index in [1.54, 1.807) is 24.3 Å². The molecule has 0 aromatic heterocycles. The minimum absolute atomic E-state index is 0.000940. The Labute approximate surface area is 212 Å². The summed E-state index contributed by atoms with van der Waals surface area (Å²) in [5, 5.41) is 3.14. The van der Waals surface area contributed by atoms with E-state index >= 15 is 0 Å². The van der Waals surface area contributed by atoms with Crippen molar-refractivity contribution in [1.82, 2.24) is 10.2 Å². The van der Waals surface area contributed by atoms with Crippen LogP contribution in [-0.2, 0) is 4.74 Å². The number of benzene rings is 3. The van der Waals surface area contributed by atoms with Gasteiger partial charge in [-0.2, -0.15) is 0 Å². The van der Waals surface area contributed by atoms with Crippen LogP contribution in [0.15, 0.2) is 84.9 Å². The Morgan fingerprint density at radius 1 is 0.889 bits per heavy atom. The van der Waals surface area contributed by atoms with Crippen LogP contribution in [0.3, 0.4) is 0 Å². The average molecular weight is 488 g/mol. The van der Waals surface area contributed by atoms with E-state index < -0.39 is 6.09 Å². The maximum absolute atomic E-state index is 12.0. The third-order valence-corrected chi connectivity index (χ3v) is 5.96. The number of piperidine rings is 1. The highest BCUT2D eigenvalue weighted by Gasteiger charge is 2.21. The van der Waals surface area contributed by atoms with E-state index in [1.807, 2.05) is 12.1 Å². The predicted molar refractivity (Wildman–Crippen MR) is 141 cm³/mol. The molecular weight excluding hydrogens is 454 g/mol. The van der Waals surface area contributed by atoms with Crippen molar-refractivity contribution in [2.75, 3.05) is 32.7 Å². The first-order chi connectivity index (χ1) is 17.5. The number of nitrogens with one attached hydrogen (secondary N) is 1. The summed E-state index contributed by atoms with van der Waals surface area (Å²) in [5.74, 6) is 0.000940. The Morgan fingerprint density at radius 3 is 1.94 bits per heavy atom. The molecule has 7 heteroatoms. The molecule has 0 spiro atoms. The van der Waals surface area contributed by atoms with Crippen LogP contribution in [0.1, 0.15) is 33.6 Å². The molecule has 7 nitrogen and oxygen atoms in total. The molecule has 0 aliphatic carbocycles. The molecule has 1 aliphatic rings. The van der Waals surface area contributed by atoms with Crippen molar-refractivity contribution in [3.63, 3.8) is 0 Å². The van der Waals surface area contributed by atoms with Crippen LogP contribution in [0, 0.1) is 0 Å². The van der Waals surface area contributed by atoms with E-state index in [2.05, 4.69) is 58.7 Å². The van der Waals surface area contributed by atoms with Gasteiger partial charge in [-0.3, -0.25) is 9.59 Å². The molecule has 1 amide bonds. The Balaban J connectivity index is 0.000000249. The molecule has 188 valence electrons. The zero-order valence-corrected chi connectivity index (χ0v) is 20.3. The number of ketones is 1. The molecule has 3 aromatic rings. The minimum atomic E-state index is -0.713. The molecule has 1 heterocycles. The summed E-state index contributed by atoms with van der Waals surface area (Å²) >= 11 is 0. The Morgan fingerprint density at radius 2 is 1.44 bits per heavy atom. The summed E-state index contributed by atoms with van der Waals surface area (Å²) in [6, 6.07) is 27.4. The van der Waals surface area contributed by atoms with Gasteiger partial charge in [0.25, 0.3) is 0 Å². The Bertz CT molecular complexity index is 1040. The summed E-state index contributed by atoms with van der Waals surface area (Å²) < 4.78 is 4.99. The number of aldehydes is 1. The Hall–Kier alpha value is -3.81. The number of likely N-dealkylation sites (tertiary alicyclic amines) is 1. The molecule has 0 saturated carbocycles. The molecule has 0 radical (unpaired) electrons. The van der Waals surface area contributed by atoms with E-state index in [-0.39, 0.29) is 18.4 Å². The number of rotatable bonds is 9. The number of carbonyl (C=O) groups excluding carboxylic acids is 3. The number of ether oxygens (including phenoxy) is 1. The fraction of sp³-hybridized carbons (Fsp3) is 0.276. The van der Waals surface area contributed by atoms with Crippen molar-refractivity contribution in [2.24, 2.45) is 5.73 Å². The van der Waals surface area contributed by atoms with Crippen LogP contribution in [0.5, 0.6) is 0 Å². The number of nitrogens with two attached hydrogens (primary N) is 1. The van der Waals surface area contributed by atoms with E-state index in [9.17, 15) is 14.4 Å². The highest BCUT2D eigenvalue weighted by Crippen LogP contribution is 2.17. The summed E-state index contributed by atoms with van der Waals surface area (Å²) in [7, 11) is 0. The third kappa shape index (κ3) is 9.09. The van der Waals surface area contributed by atoms with E-state index in [0.717, 1.165) is 38.8 Å². The summed E-state index contributed by atoms with van der Waals surface area (Å²) in [6.07, 6.45) is 1.53. The second kappa shape index (κ2) is 14.6. The van der Waals surface area contributed by atoms with E-state index in [0.29, 0.717) is 17.7 Å². The topological polar surface area (TPSA) is 102 Å². The van der Waals surface area contributed by atoms with Crippen LogP contribution >= 0.6 is 0 Å². The second-order valence-corrected chi connectivity index (χ2v) is 8.55. The van der Waals surface area contributed by atoms with Gasteiger partial charge in [0.2, 0.25) is 0 Å². The lowest BCUT2D eigenvalue weighted by Crippen LogP contribution is -2.42. The van der Waals surface area contributed by atoms with Crippen molar-refractivity contribution in [3.8, 4) is 11.1 Å². The lowest BCUT2D eigenvalue weighted by molar-refractivity contribution is 0.0566. The SMILES string of the molecule is NC(=O)OC1CCN(CCNCC(=O)c2ccc(C=O)cc2)CC1.c1ccc(-c2ccccc2)cc1.